The molecule has 0 spiro atoms. The van der Waals surface area contributed by atoms with Gasteiger partial charge in [-0.05, 0) is 12.8 Å². The monoisotopic (exact) mass is 129 g/mol. The topological polar surface area (TPSA) is 38.7 Å². The van der Waals surface area contributed by atoms with Crippen LogP contribution in [0.3, 0.4) is 0 Å². The van der Waals surface area contributed by atoms with Crippen LogP contribution in [-0.4, -0.2) is 19.6 Å². The SMILES string of the molecule is CO/N=C/CCCC=O. The fourth-order valence-corrected chi connectivity index (χ4v) is 0.420. The maximum absolute atomic E-state index is 9.76. The second kappa shape index (κ2) is 7.14. The predicted octanol–water partition coefficient (Wildman–Crippen LogP) is 0.988. The van der Waals surface area contributed by atoms with Crippen LogP contribution in [0.15, 0.2) is 5.16 Å². The average Bonchev–Trinajstić information content (AvgIpc) is 1.89. The molecule has 0 saturated heterocycles. The van der Waals surface area contributed by atoms with E-state index in [4.69, 9.17) is 0 Å². The van der Waals surface area contributed by atoms with Crippen molar-refractivity contribution < 1.29 is 9.63 Å². The van der Waals surface area contributed by atoms with E-state index in [1.807, 2.05) is 0 Å². The zero-order valence-corrected chi connectivity index (χ0v) is 5.54. The summed E-state index contributed by atoms with van der Waals surface area (Å²) in [5.41, 5.74) is 0. The van der Waals surface area contributed by atoms with Crippen molar-refractivity contribution in [2.75, 3.05) is 7.11 Å². The van der Waals surface area contributed by atoms with E-state index in [-0.39, 0.29) is 0 Å². The molecule has 0 heterocycles. The highest BCUT2D eigenvalue weighted by atomic mass is 16.6. The lowest BCUT2D eigenvalue weighted by Gasteiger charge is -1.85. The summed E-state index contributed by atoms with van der Waals surface area (Å²) in [5.74, 6) is 0. The Kier molecular flexibility index (Phi) is 6.46. The molecule has 0 aromatic carbocycles. The van der Waals surface area contributed by atoms with Crippen LogP contribution in [0, 0.1) is 0 Å². The highest BCUT2D eigenvalue weighted by Gasteiger charge is 1.80. The third kappa shape index (κ3) is 7.14. The second-order valence-corrected chi connectivity index (χ2v) is 1.57. The van der Waals surface area contributed by atoms with Gasteiger partial charge in [-0.1, -0.05) is 5.16 Å². The number of rotatable bonds is 5. The van der Waals surface area contributed by atoms with E-state index in [1.54, 1.807) is 6.21 Å². The Morgan fingerprint density at radius 3 is 2.89 bits per heavy atom. The Morgan fingerprint density at radius 1 is 1.56 bits per heavy atom. The van der Waals surface area contributed by atoms with Gasteiger partial charge >= 0.3 is 0 Å². The molecule has 52 valence electrons. The van der Waals surface area contributed by atoms with E-state index in [0.717, 1.165) is 19.1 Å². The lowest BCUT2D eigenvalue weighted by atomic mass is 10.3. The normalized spacial score (nSPS) is 9.89. The first-order valence-corrected chi connectivity index (χ1v) is 2.90. The number of unbranched alkanes of at least 4 members (excludes halogenated alkanes) is 2. The van der Waals surface area contributed by atoms with Crippen LogP contribution in [0.5, 0.6) is 0 Å². The van der Waals surface area contributed by atoms with Crippen LogP contribution in [0.4, 0.5) is 0 Å². The van der Waals surface area contributed by atoms with Crippen molar-refractivity contribution in [2.24, 2.45) is 5.16 Å². The molecule has 3 heteroatoms. The van der Waals surface area contributed by atoms with E-state index in [9.17, 15) is 4.79 Å². The van der Waals surface area contributed by atoms with Crippen molar-refractivity contribution in [3.8, 4) is 0 Å². The standard InChI is InChI=1S/C6H11NO2/c1-9-7-5-3-2-4-6-8/h5-6H,2-4H2,1H3/b7-5+. The largest absolute Gasteiger partial charge is 0.399 e. The van der Waals surface area contributed by atoms with Gasteiger partial charge in [-0.25, -0.2) is 0 Å². The van der Waals surface area contributed by atoms with E-state index >= 15 is 0 Å². The van der Waals surface area contributed by atoms with Gasteiger partial charge in [0.15, 0.2) is 0 Å². The summed E-state index contributed by atoms with van der Waals surface area (Å²) >= 11 is 0. The molecule has 0 unspecified atom stereocenters. The van der Waals surface area contributed by atoms with E-state index < -0.39 is 0 Å². The van der Waals surface area contributed by atoms with Gasteiger partial charge in [0.2, 0.25) is 0 Å². The third-order valence-corrected chi connectivity index (χ3v) is 0.835. The number of aldehydes is 1. The summed E-state index contributed by atoms with van der Waals surface area (Å²) in [6, 6.07) is 0. The van der Waals surface area contributed by atoms with Gasteiger partial charge in [0.1, 0.15) is 13.4 Å². The smallest absolute Gasteiger partial charge is 0.120 e. The molecule has 0 aliphatic carbocycles. The molecule has 0 saturated carbocycles. The molecule has 0 aromatic heterocycles. The molecule has 0 atom stereocenters. The Bertz CT molecular complexity index is 91.1. The fraction of sp³-hybridized carbons (Fsp3) is 0.667. The van der Waals surface area contributed by atoms with Gasteiger partial charge in [0.25, 0.3) is 0 Å². The zero-order chi connectivity index (χ0) is 6.95. The molecule has 0 N–H and O–H groups in total. The van der Waals surface area contributed by atoms with Crippen LogP contribution in [0.1, 0.15) is 19.3 Å². The summed E-state index contributed by atoms with van der Waals surface area (Å²) in [6.07, 6.45) is 4.84. The molecular formula is C6H11NO2. The van der Waals surface area contributed by atoms with Crippen molar-refractivity contribution in [1.82, 2.24) is 0 Å². The molecule has 0 rings (SSSR count). The van der Waals surface area contributed by atoms with Crippen LogP contribution in [0.2, 0.25) is 0 Å². The molecular weight excluding hydrogens is 118 g/mol. The number of nitrogens with zero attached hydrogens (tertiary/aromatic N) is 1. The molecule has 0 radical (unpaired) electrons. The van der Waals surface area contributed by atoms with E-state index in [2.05, 4.69) is 9.99 Å². The van der Waals surface area contributed by atoms with Gasteiger partial charge in [-0.15, -0.1) is 0 Å². The third-order valence-electron chi connectivity index (χ3n) is 0.835. The highest BCUT2D eigenvalue weighted by Crippen LogP contribution is 1.87. The molecule has 0 amide bonds. The molecule has 0 aromatic rings. The molecule has 0 fully saturated rings. The number of carbonyl (C=O) groups is 1. The first-order valence-electron chi connectivity index (χ1n) is 2.90. The van der Waals surface area contributed by atoms with Crippen molar-refractivity contribution in [1.29, 1.82) is 0 Å². The summed E-state index contributed by atoms with van der Waals surface area (Å²) < 4.78 is 0. The molecule has 0 aliphatic rings. The summed E-state index contributed by atoms with van der Waals surface area (Å²) in [7, 11) is 1.50. The Labute approximate surface area is 54.7 Å². The van der Waals surface area contributed by atoms with Gasteiger partial charge in [-0.2, -0.15) is 0 Å². The predicted molar refractivity (Wildman–Crippen MR) is 35.4 cm³/mol. The maximum atomic E-state index is 9.76. The zero-order valence-electron chi connectivity index (χ0n) is 5.54. The lowest BCUT2D eigenvalue weighted by molar-refractivity contribution is -0.107. The lowest BCUT2D eigenvalue weighted by Crippen LogP contribution is -1.79. The fourth-order valence-electron chi connectivity index (χ4n) is 0.420. The van der Waals surface area contributed by atoms with Crippen LogP contribution in [0.25, 0.3) is 0 Å². The molecule has 9 heavy (non-hydrogen) atoms. The maximum Gasteiger partial charge on any atom is 0.120 e. The minimum absolute atomic E-state index is 0.607. The number of carbonyl (C=O) groups excluding carboxylic acids is 1. The molecule has 0 aliphatic heterocycles. The Hall–Kier alpha value is -0.860. The van der Waals surface area contributed by atoms with Gasteiger partial charge in [0, 0.05) is 12.6 Å². The number of hydrogen-bond acceptors (Lipinski definition) is 3. The number of oxime groups is 1. The summed E-state index contributed by atoms with van der Waals surface area (Å²) in [4.78, 5) is 14.2. The highest BCUT2D eigenvalue weighted by molar-refractivity contribution is 5.57. The first kappa shape index (κ1) is 8.14. The van der Waals surface area contributed by atoms with Crippen LogP contribution in [-0.2, 0) is 9.63 Å². The first-order chi connectivity index (χ1) is 4.41. The summed E-state index contributed by atoms with van der Waals surface area (Å²) in [5, 5.41) is 3.50. The average molecular weight is 129 g/mol. The van der Waals surface area contributed by atoms with E-state index in [0.29, 0.717) is 6.42 Å². The van der Waals surface area contributed by atoms with Crippen molar-refractivity contribution in [3.05, 3.63) is 0 Å². The minimum atomic E-state index is 0.607. The molecule has 3 nitrogen and oxygen atoms in total. The van der Waals surface area contributed by atoms with Crippen LogP contribution >= 0.6 is 0 Å². The van der Waals surface area contributed by atoms with Crippen molar-refractivity contribution in [3.63, 3.8) is 0 Å². The van der Waals surface area contributed by atoms with Gasteiger partial charge in [0.05, 0.1) is 0 Å². The molecule has 0 bridgehead atoms. The van der Waals surface area contributed by atoms with Crippen molar-refractivity contribution >= 4 is 12.5 Å². The number of hydrogen-bond donors (Lipinski definition) is 0. The van der Waals surface area contributed by atoms with E-state index in [1.165, 1.54) is 7.11 Å². The Morgan fingerprint density at radius 2 is 2.33 bits per heavy atom. The summed E-state index contributed by atoms with van der Waals surface area (Å²) in [6.45, 7) is 0. The van der Waals surface area contributed by atoms with Gasteiger partial charge < -0.3 is 9.63 Å². The second-order valence-electron chi connectivity index (χ2n) is 1.57. The Balaban J connectivity index is 2.90. The van der Waals surface area contributed by atoms with Gasteiger partial charge in [-0.3, -0.25) is 0 Å². The quantitative estimate of drug-likeness (QED) is 0.240. The minimum Gasteiger partial charge on any atom is -0.399 e. The van der Waals surface area contributed by atoms with Crippen LogP contribution < -0.4 is 0 Å². The van der Waals surface area contributed by atoms with Crippen molar-refractivity contribution in [2.45, 2.75) is 19.3 Å².